The Hall–Kier alpha value is -3.02. The molecule has 1 aromatic carbocycles. The van der Waals surface area contributed by atoms with Gasteiger partial charge < -0.3 is 5.32 Å². The Bertz CT molecular complexity index is 672. The van der Waals surface area contributed by atoms with Gasteiger partial charge >= 0.3 is 0 Å². The molecule has 0 atom stereocenters. The Morgan fingerprint density at radius 3 is 2.57 bits per heavy atom. The van der Waals surface area contributed by atoms with Crippen LogP contribution >= 0.6 is 0 Å². The third-order valence-electron chi connectivity index (χ3n) is 2.81. The van der Waals surface area contributed by atoms with E-state index in [9.17, 15) is 19.7 Å². The molecule has 0 unspecified atom stereocenters. The first-order chi connectivity index (χ1) is 10.1. The summed E-state index contributed by atoms with van der Waals surface area (Å²) in [5, 5.41) is 13.8. The monoisotopic (exact) mass is 284 g/mol. The number of rotatable bonds is 5. The van der Waals surface area contributed by atoms with Gasteiger partial charge in [-0.1, -0.05) is 30.3 Å². The second kappa shape index (κ2) is 6.42. The summed E-state index contributed by atoms with van der Waals surface area (Å²) in [5.74, 6) is -1.00. The molecule has 106 valence electrons. The molecule has 0 aromatic heterocycles. The van der Waals surface area contributed by atoms with E-state index >= 15 is 0 Å². The fraction of sp³-hybridized carbons (Fsp3) is 0.0667. The number of hydrogen-bond acceptors (Lipinski definition) is 5. The molecule has 0 aliphatic heterocycles. The van der Waals surface area contributed by atoms with E-state index in [0.717, 1.165) is 30.0 Å². The van der Waals surface area contributed by atoms with E-state index in [4.69, 9.17) is 0 Å². The number of benzene rings is 1. The number of carbonyl (C=O) groups excluding carboxylic acids is 2. The molecular formula is C15H12N2O4. The molecule has 0 saturated heterocycles. The second-order valence-corrected chi connectivity index (χ2v) is 4.31. The minimum absolute atomic E-state index is 0.215. The lowest BCUT2D eigenvalue weighted by Crippen LogP contribution is -2.17. The summed E-state index contributed by atoms with van der Waals surface area (Å²) >= 11 is 0. The van der Waals surface area contributed by atoms with Crippen molar-refractivity contribution in [1.82, 2.24) is 5.32 Å². The molecule has 6 nitrogen and oxygen atoms in total. The molecule has 1 aromatic rings. The molecular weight excluding hydrogens is 272 g/mol. The van der Waals surface area contributed by atoms with Crippen LogP contribution in [-0.2, 0) is 16.1 Å². The number of allylic oxidation sites excluding steroid dienone is 4. The van der Waals surface area contributed by atoms with Gasteiger partial charge in [0, 0.05) is 12.6 Å². The van der Waals surface area contributed by atoms with Crippen LogP contribution in [0.25, 0.3) is 0 Å². The van der Waals surface area contributed by atoms with E-state index in [1.807, 2.05) is 30.3 Å². The van der Waals surface area contributed by atoms with Crippen LogP contribution in [0.3, 0.4) is 0 Å². The van der Waals surface area contributed by atoms with Crippen molar-refractivity contribution in [2.45, 2.75) is 6.54 Å². The topological polar surface area (TPSA) is 89.3 Å². The van der Waals surface area contributed by atoms with Crippen molar-refractivity contribution in [2.24, 2.45) is 0 Å². The summed E-state index contributed by atoms with van der Waals surface area (Å²) in [6, 6.07) is 9.30. The molecule has 0 saturated carbocycles. The fourth-order valence-electron chi connectivity index (χ4n) is 1.80. The van der Waals surface area contributed by atoms with Crippen molar-refractivity contribution in [3.8, 4) is 0 Å². The summed E-state index contributed by atoms with van der Waals surface area (Å²) in [4.78, 5) is 33.3. The molecule has 21 heavy (non-hydrogen) atoms. The highest BCUT2D eigenvalue weighted by Gasteiger charge is 2.25. The van der Waals surface area contributed by atoms with E-state index in [1.165, 1.54) is 0 Å². The van der Waals surface area contributed by atoms with Crippen molar-refractivity contribution in [1.29, 1.82) is 0 Å². The molecule has 1 N–H and O–H groups in total. The van der Waals surface area contributed by atoms with E-state index < -0.39 is 22.2 Å². The highest BCUT2D eigenvalue weighted by atomic mass is 16.6. The molecule has 1 aliphatic rings. The zero-order valence-electron chi connectivity index (χ0n) is 11.0. The van der Waals surface area contributed by atoms with Crippen molar-refractivity contribution in [2.75, 3.05) is 0 Å². The van der Waals surface area contributed by atoms with Crippen molar-refractivity contribution in [3.63, 3.8) is 0 Å². The highest BCUT2D eigenvalue weighted by Crippen LogP contribution is 2.15. The number of nitrogens with one attached hydrogen (secondary N) is 1. The number of nitro groups is 1. The van der Waals surface area contributed by atoms with Gasteiger partial charge in [0.05, 0.1) is 11.1 Å². The predicted molar refractivity (Wildman–Crippen MR) is 75.6 cm³/mol. The Kier molecular flexibility index (Phi) is 4.40. The van der Waals surface area contributed by atoms with Gasteiger partial charge in [-0.3, -0.25) is 19.7 Å². The Morgan fingerprint density at radius 2 is 1.90 bits per heavy atom. The van der Waals surface area contributed by atoms with Gasteiger partial charge in [-0.15, -0.1) is 0 Å². The van der Waals surface area contributed by atoms with Gasteiger partial charge in [-0.25, -0.2) is 0 Å². The van der Waals surface area contributed by atoms with Gasteiger partial charge in [0.1, 0.15) is 5.57 Å². The lowest BCUT2D eigenvalue weighted by atomic mass is 10.0. The van der Waals surface area contributed by atoms with Gasteiger partial charge in [0.15, 0.2) is 11.6 Å². The van der Waals surface area contributed by atoms with Crippen molar-refractivity contribution < 1.29 is 14.5 Å². The van der Waals surface area contributed by atoms with Crippen molar-refractivity contribution in [3.05, 3.63) is 81.7 Å². The highest BCUT2D eigenvalue weighted by molar-refractivity contribution is 6.19. The van der Waals surface area contributed by atoms with E-state index in [2.05, 4.69) is 5.32 Å². The fourth-order valence-corrected chi connectivity index (χ4v) is 1.80. The van der Waals surface area contributed by atoms with Gasteiger partial charge in [-0.05, 0) is 17.7 Å². The normalized spacial score (nSPS) is 14.9. The minimum atomic E-state index is -0.686. The Morgan fingerprint density at radius 1 is 1.19 bits per heavy atom. The zero-order chi connectivity index (χ0) is 15.2. The predicted octanol–water partition coefficient (Wildman–Crippen LogP) is 1.53. The molecule has 1 aliphatic carbocycles. The number of hydrogen-bond donors (Lipinski definition) is 1. The zero-order valence-corrected chi connectivity index (χ0v) is 11.0. The summed E-state index contributed by atoms with van der Waals surface area (Å²) in [7, 11) is 0. The quantitative estimate of drug-likeness (QED) is 0.503. The van der Waals surface area contributed by atoms with E-state index in [1.54, 1.807) is 0 Å². The van der Waals surface area contributed by atoms with E-state index in [0.29, 0.717) is 6.54 Å². The first kappa shape index (κ1) is 14.4. The largest absolute Gasteiger partial charge is 0.381 e. The van der Waals surface area contributed by atoms with Crippen LogP contribution in [-0.4, -0.2) is 16.5 Å². The third kappa shape index (κ3) is 3.73. The van der Waals surface area contributed by atoms with Crippen LogP contribution in [0, 0.1) is 10.1 Å². The molecule has 6 heteroatoms. The smallest absolute Gasteiger partial charge is 0.296 e. The molecule has 0 fully saturated rings. The number of carbonyl (C=O) groups is 2. The van der Waals surface area contributed by atoms with Gasteiger partial charge in [0.25, 0.3) is 5.70 Å². The van der Waals surface area contributed by atoms with Gasteiger partial charge in [-0.2, -0.15) is 0 Å². The summed E-state index contributed by atoms with van der Waals surface area (Å²) in [6.07, 6.45) is 4.23. The van der Waals surface area contributed by atoms with Crippen LogP contribution in [0.15, 0.2) is 66.0 Å². The maximum absolute atomic E-state index is 11.6. The maximum Gasteiger partial charge on any atom is 0.296 e. The standard InChI is InChI=1S/C15H12N2O4/c18-12-6-7-15(19)13(8-12)14(17(20)21)10-16-9-11-4-2-1-3-5-11/h1-8,10,16H,9H2/b14-10-. The molecule has 0 bridgehead atoms. The van der Waals surface area contributed by atoms with Crippen LogP contribution in [0.2, 0.25) is 0 Å². The van der Waals surface area contributed by atoms with Crippen LogP contribution in [0.5, 0.6) is 0 Å². The molecule has 0 heterocycles. The second-order valence-electron chi connectivity index (χ2n) is 4.31. The molecule has 0 amide bonds. The van der Waals surface area contributed by atoms with E-state index in [-0.39, 0.29) is 5.57 Å². The van der Waals surface area contributed by atoms with Crippen LogP contribution in [0.1, 0.15) is 5.56 Å². The number of nitrogens with zero attached hydrogens (tertiary/aromatic N) is 1. The first-order valence-corrected chi connectivity index (χ1v) is 6.18. The lowest BCUT2D eigenvalue weighted by Gasteiger charge is -2.05. The molecule has 0 spiro atoms. The number of ketones is 2. The Labute approximate surface area is 120 Å². The summed E-state index contributed by atoms with van der Waals surface area (Å²) in [6.45, 7) is 0.378. The van der Waals surface area contributed by atoms with Crippen LogP contribution in [0.4, 0.5) is 0 Å². The average Bonchev–Trinajstić information content (AvgIpc) is 2.47. The Balaban J connectivity index is 2.16. The average molecular weight is 284 g/mol. The molecule has 2 rings (SSSR count). The SMILES string of the molecule is O=C1C=CC(=O)C(/C(=C/NCc2ccccc2)[N+](=O)[O-])=C1. The van der Waals surface area contributed by atoms with Crippen LogP contribution < -0.4 is 5.32 Å². The third-order valence-corrected chi connectivity index (χ3v) is 2.81. The first-order valence-electron chi connectivity index (χ1n) is 6.18. The van der Waals surface area contributed by atoms with Gasteiger partial charge in [0.2, 0.25) is 0 Å². The lowest BCUT2D eigenvalue weighted by molar-refractivity contribution is -0.420. The summed E-state index contributed by atoms with van der Waals surface area (Å²) < 4.78 is 0. The summed E-state index contributed by atoms with van der Waals surface area (Å²) in [5.41, 5.74) is 0.304. The maximum atomic E-state index is 11.6. The van der Waals surface area contributed by atoms with Crippen molar-refractivity contribution >= 4 is 11.6 Å². The molecule has 0 radical (unpaired) electrons. The minimum Gasteiger partial charge on any atom is -0.381 e.